The van der Waals surface area contributed by atoms with Gasteiger partial charge < -0.3 is 4.74 Å². The molecular weight excluding hydrogens is 282 g/mol. The number of thioether (sulfide) groups is 1. The van der Waals surface area contributed by atoms with Crippen LogP contribution in [0.5, 0.6) is 0 Å². The molecule has 0 fully saturated rings. The van der Waals surface area contributed by atoms with E-state index in [1.807, 2.05) is 48.5 Å². The number of ether oxygens (including phenoxy) is 1. The SMILES string of the molecule is O=C1OC(c2ccccc2)=N[C@@H]1CSCc1ccccc1. The predicted octanol–water partition coefficient (Wildman–Crippen LogP) is 3.29. The number of carbonyl (C=O) groups is 1. The molecule has 0 N–H and O–H groups in total. The first-order chi connectivity index (χ1) is 10.3. The molecule has 1 heterocycles. The Balaban J connectivity index is 1.58. The van der Waals surface area contributed by atoms with Gasteiger partial charge in [0, 0.05) is 17.1 Å². The van der Waals surface area contributed by atoms with E-state index in [1.165, 1.54) is 5.56 Å². The van der Waals surface area contributed by atoms with Crippen molar-refractivity contribution in [3.63, 3.8) is 0 Å². The molecule has 0 aromatic heterocycles. The predicted molar refractivity (Wildman–Crippen MR) is 85.5 cm³/mol. The van der Waals surface area contributed by atoms with Crippen LogP contribution in [0, 0.1) is 0 Å². The molecule has 106 valence electrons. The van der Waals surface area contributed by atoms with Gasteiger partial charge in [-0.15, -0.1) is 0 Å². The maximum atomic E-state index is 11.9. The number of cyclic esters (lactones) is 1. The summed E-state index contributed by atoms with van der Waals surface area (Å²) in [5, 5.41) is 0. The van der Waals surface area contributed by atoms with Gasteiger partial charge in [0.05, 0.1) is 0 Å². The number of rotatable bonds is 5. The van der Waals surface area contributed by atoms with Crippen LogP contribution in [-0.4, -0.2) is 23.7 Å². The third-order valence-electron chi connectivity index (χ3n) is 3.15. The van der Waals surface area contributed by atoms with Crippen molar-refractivity contribution in [2.24, 2.45) is 4.99 Å². The largest absolute Gasteiger partial charge is 0.406 e. The zero-order chi connectivity index (χ0) is 14.5. The Morgan fingerprint density at radius 3 is 2.38 bits per heavy atom. The standard InChI is InChI=1S/C17H15NO2S/c19-17-15(12-21-11-13-7-3-1-4-8-13)18-16(20-17)14-9-5-2-6-10-14/h1-10,15H,11-12H2/t15-/m1/s1. The topological polar surface area (TPSA) is 38.7 Å². The molecule has 2 aromatic carbocycles. The Kier molecular flexibility index (Phi) is 4.36. The van der Waals surface area contributed by atoms with Gasteiger partial charge in [-0.05, 0) is 17.7 Å². The minimum atomic E-state index is -0.395. The van der Waals surface area contributed by atoms with Crippen LogP contribution in [0.25, 0.3) is 0 Å². The summed E-state index contributed by atoms with van der Waals surface area (Å²) < 4.78 is 5.26. The lowest BCUT2D eigenvalue weighted by molar-refractivity contribution is -0.134. The van der Waals surface area contributed by atoms with Crippen molar-refractivity contribution in [2.45, 2.75) is 11.8 Å². The van der Waals surface area contributed by atoms with Crippen molar-refractivity contribution in [3.05, 3.63) is 71.8 Å². The van der Waals surface area contributed by atoms with E-state index in [1.54, 1.807) is 11.8 Å². The van der Waals surface area contributed by atoms with E-state index >= 15 is 0 Å². The molecule has 3 rings (SSSR count). The summed E-state index contributed by atoms with van der Waals surface area (Å²) in [6, 6.07) is 19.3. The molecule has 0 unspecified atom stereocenters. The van der Waals surface area contributed by atoms with Gasteiger partial charge in [-0.3, -0.25) is 0 Å². The average molecular weight is 297 g/mol. The van der Waals surface area contributed by atoms with Gasteiger partial charge in [-0.25, -0.2) is 9.79 Å². The second-order valence-corrected chi connectivity index (χ2v) is 5.77. The number of hydrogen-bond acceptors (Lipinski definition) is 4. The molecule has 4 heteroatoms. The summed E-state index contributed by atoms with van der Waals surface area (Å²) >= 11 is 1.70. The van der Waals surface area contributed by atoms with Gasteiger partial charge >= 0.3 is 5.97 Å². The summed E-state index contributed by atoms with van der Waals surface area (Å²) in [5.41, 5.74) is 2.10. The Morgan fingerprint density at radius 1 is 1.00 bits per heavy atom. The third-order valence-corrected chi connectivity index (χ3v) is 4.24. The third kappa shape index (κ3) is 3.52. The first kappa shape index (κ1) is 13.9. The number of aliphatic imine (C=N–C) groups is 1. The zero-order valence-electron chi connectivity index (χ0n) is 11.4. The highest BCUT2D eigenvalue weighted by molar-refractivity contribution is 7.98. The highest BCUT2D eigenvalue weighted by Crippen LogP contribution is 2.19. The highest BCUT2D eigenvalue weighted by Gasteiger charge is 2.29. The molecule has 1 aliphatic rings. The van der Waals surface area contributed by atoms with Crippen LogP contribution in [0.15, 0.2) is 65.7 Å². The van der Waals surface area contributed by atoms with Crippen molar-refractivity contribution in [2.75, 3.05) is 5.75 Å². The summed E-state index contributed by atoms with van der Waals surface area (Å²) in [4.78, 5) is 16.2. The number of esters is 1. The molecule has 0 spiro atoms. The van der Waals surface area contributed by atoms with E-state index in [0.29, 0.717) is 11.7 Å². The number of carbonyl (C=O) groups excluding carboxylic acids is 1. The highest BCUT2D eigenvalue weighted by atomic mass is 32.2. The van der Waals surface area contributed by atoms with Gasteiger partial charge in [-0.1, -0.05) is 48.5 Å². The molecule has 2 aromatic rings. The van der Waals surface area contributed by atoms with E-state index in [4.69, 9.17) is 4.74 Å². The van der Waals surface area contributed by atoms with Crippen LogP contribution in [0.4, 0.5) is 0 Å². The Bertz CT molecular complexity index is 640. The van der Waals surface area contributed by atoms with Gasteiger partial charge in [0.25, 0.3) is 0 Å². The fraction of sp³-hybridized carbons (Fsp3) is 0.176. The van der Waals surface area contributed by atoms with Crippen LogP contribution >= 0.6 is 11.8 Å². The van der Waals surface area contributed by atoms with Crippen LogP contribution < -0.4 is 0 Å². The monoisotopic (exact) mass is 297 g/mol. The fourth-order valence-corrected chi connectivity index (χ4v) is 3.05. The van der Waals surface area contributed by atoms with Crippen molar-refractivity contribution >= 4 is 23.6 Å². The molecule has 0 bridgehead atoms. The lowest BCUT2D eigenvalue weighted by atomic mass is 10.2. The van der Waals surface area contributed by atoms with Crippen LogP contribution in [0.3, 0.4) is 0 Å². The van der Waals surface area contributed by atoms with Gasteiger partial charge in [0.1, 0.15) is 0 Å². The molecule has 0 aliphatic carbocycles. The summed E-state index contributed by atoms with van der Waals surface area (Å²) in [7, 11) is 0. The number of hydrogen-bond donors (Lipinski definition) is 0. The molecule has 0 saturated heterocycles. The molecule has 21 heavy (non-hydrogen) atoms. The normalized spacial score (nSPS) is 17.4. The van der Waals surface area contributed by atoms with Crippen molar-refractivity contribution in [1.29, 1.82) is 0 Å². The summed E-state index contributed by atoms with van der Waals surface area (Å²) in [6.45, 7) is 0. The first-order valence-corrected chi connectivity index (χ1v) is 7.95. The van der Waals surface area contributed by atoms with Crippen LogP contribution in [0.1, 0.15) is 11.1 Å². The molecule has 0 amide bonds. The minimum Gasteiger partial charge on any atom is -0.406 e. The maximum Gasteiger partial charge on any atom is 0.338 e. The average Bonchev–Trinajstić information content (AvgIpc) is 2.91. The number of benzene rings is 2. The number of nitrogens with zero attached hydrogens (tertiary/aromatic N) is 1. The quantitative estimate of drug-likeness (QED) is 0.795. The van der Waals surface area contributed by atoms with Crippen molar-refractivity contribution < 1.29 is 9.53 Å². The lowest BCUT2D eigenvalue weighted by Gasteiger charge is -2.03. The van der Waals surface area contributed by atoms with Crippen LogP contribution in [0.2, 0.25) is 0 Å². The van der Waals surface area contributed by atoms with Gasteiger partial charge in [-0.2, -0.15) is 11.8 Å². The van der Waals surface area contributed by atoms with E-state index in [2.05, 4.69) is 17.1 Å². The molecule has 0 radical (unpaired) electrons. The summed E-state index contributed by atoms with van der Waals surface area (Å²) in [5.74, 6) is 1.70. The Hall–Kier alpha value is -2.07. The Labute approximate surface area is 128 Å². The second kappa shape index (κ2) is 6.59. The van der Waals surface area contributed by atoms with Crippen molar-refractivity contribution in [1.82, 2.24) is 0 Å². The molecule has 0 saturated carbocycles. The van der Waals surface area contributed by atoms with E-state index in [9.17, 15) is 4.79 Å². The van der Waals surface area contributed by atoms with E-state index < -0.39 is 6.04 Å². The second-order valence-electron chi connectivity index (χ2n) is 4.74. The minimum absolute atomic E-state index is 0.255. The molecule has 1 atom stereocenters. The lowest BCUT2D eigenvalue weighted by Crippen LogP contribution is -2.17. The van der Waals surface area contributed by atoms with Crippen LogP contribution in [-0.2, 0) is 15.3 Å². The molecule has 3 nitrogen and oxygen atoms in total. The van der Waals surface area contributed by atoms with Gasteiger partial charge in [0.2, 0.25) is 5.90 Å². The van der Waals surface area contributed by atoms with Gasteiger partial charge in [0.15, 0.2) is 6.04 Å². The smallest absolute Gasteiger partial charge is 0.338 e. The summed E-state index contributed by atoms with van der Waals surface area (Å²) in [6.07, 6.45) is 0. The molecular formula is C17H15NO2S. The van der Waals surface area contributed by atoms with E-state index in [0.717, 1.165) is 11.3 Å². The maximum absolute atomic E-state index is 11.9. The Morgan fingerprint density at radius 2 is 1.67 bits per heavy atom. The zero-order valence-corrected chi connectivity index (χ0v) is 12.3. The molecule has 1 aliphatic heterocycles. The fourth-order valence-electron chi connectivity index (χ4n) is 2.07. The van der Waals surface area contributed by atoms with E-state index in [-0.39, 0.29) is 5.97 Å². The van der Waals surface area contributed by atoms with Crippen molar-refractivity contribution in [3.8, 4) is 0 Å². The first-order valence-electron chi connectivity index (χ1n) is 6.79.